The van der Waals surface area contributed by atoms with Crippen LogP contribution in [0, 0.1) is 3.70 Å². The van der Waals surface area contributed by atoms with Crippen LogP contribution in [-0.4, -0.2) is 23.3 Å². The maximum Gasteiger partial charge on any atom is 0.124 e. The second-order valence-corrected chi connectivity index (χ2v) is 4.41. The second-order valence-electron chi connectivity index (χ2n) is 3.31. The summed E-state index contributed by atoms with van der Waals surface area (Å²) < 4.78 is 0.968. The molecular weight excluding hydrogens is 277 g/mol. The molecule has 0 amide bonds. The minimum atomic E-state index is 0.616. The lowest BCUT2D eigenvalue weighted by molar-refractivity contribution is 0.450. The molecule has 0 radical (unpaired) electrons. The first-order chi connectivity index (χ1) is 6.36. The van der Waals surface area contributed by atoms with Gasteiger partial charge in [0.25, 0.3) is 0 Å². The Hall–Kier alpha value is -0.230. The lowest BCUT2D eigenvalue weighted by Gasteiger charge is -2.21. The fourth-order valence-corrected chi connectivity index (χ4v) is 1.95. The fourth-order valence-electron chi connectivity index (χ4n) is 1.66. The van der Waals surface area contributed by atoms with E-state index in [0.29, 0.717) is 5.92 Å². The molecule has 0 aromatic carbocycles. The second kappa shape index (κ2) is 4.32. The maximum atomic E-state index is 4.22. The van der Waals surface area contributed by atoms with Crippen molar-refractivity contribution in [3.63, 3.8) is 0 Å². The summed E-state index contributed by atoms with van der Waals surface area (Å²) in [5, 5.41) is 11.6. The van der Waals surface area contributed by atoms with E-state index < -0.39 is 0 Å². The minimum absolute atomic E-state index is 0.616. The van der Waals surface area contributed by atoms with E-state index in [0.717, 1.165) is 22.5 Å². The predicted molar refractivity (Wildman–Crippen MR) is 59.6 cm³/mol. The zero-order valence-electron chi connectivity index (χ0n) is 7.33. The van der Waals surface area contributed by atoms with Crippen molar-refractivity contribution in [2.24, 2.45) is 0 Å². The van der Waals surface area contributed by atoms with Gasteiger partial charge in [0.1, 0.15) is 3.70 Å². The topological polar surface area (TPSA) is 37.8 Å². The molecule has 0 bridgehead atoms. The minimum Gasteiger partial charge on any atom is -0.317 e. The fraction of sp³-hybridized carbons (Fsp3) is 0.556. The number of rotatable bonds is 1. The van der Waals surface area contributed by atoms with Gasteiger partial charge in [0.15, 0.2) is 0 Å². The van der Waals surface area contributed by atoms with Crippen LogP contribution < -0.4 is 5.32 Å². The highest BCUT2D eigenvalue weighted by Gasteiger charge is 2.16. The molecule has 0 saturated carbocycles. The van der Waals surface area contributed by atoms with Crippen LogP contribution in [-0.2, 0) is 0 Å². The van der Waals surface area contributed by atoms with Crippen LogP contribution in [0.25, 0.3) is 0 Å². The van der Waals surface area contributed by atoms with E-state index in [9.17, 15) is 0 Å². The number of piperidine rings is 1. The summed E-state index contributed by atoms with van der Waals surface area (Å²) in [6.45, 7) is 2.22. The van der Waals surface area contributed by atoms with Crippen molar-refractivity contribution >= 4 is 22.6 Å². The van der Waals surface area contributed by atoms with Crippen LogP contribution in [0.4, 0.5) is 0 Å². The number of aromatic nitrogens is 2. The lowest BCUT2D eigenvalue weighted by Crippen LogP contribution is -2.27. The Morgan fingerprint density at radius 2 is 2.00 bits per heavy atom. The molecule has 0 atom stereocenters. The van der Waals surface area contributed by atoms with E-state index in [1.807, 2.05) is 6.07 Å². The van der Waals surface area contributed by atoms with Crippen molar-refractivity contribution in [3.05, 3.63) is 21.5 Å². The summed E-state index contributed by atoms with van der Waals surface area (Å²) in [5.41, 5.74) is 1.15. The van der Waals surface area contributed by atoms with Gasteiger partial charge in [-0.1, -0.05) is 0 Å². The van der Waals surface area contributed by atoms with Crippen molar-refractivity contribution in [2.45, 2.75) is 18.8 Å². The molecule has 3 nitrogen and oxygen atoms in total. The summed E-state index contributed by atoms with van der Waals surface area (Å²) in [6.07, 6.45) is 2.38. The maximum absolute atomic E-state index is 4.22. The Bertz CT molecular complexity index is 267. The van der Waals surface area contributed by atoms with Gasteiger partial charge in [-0.05, 0) is 60.7 Å². The first kappa shape index (κ1) is 9.33. The van der Waals surface area contributed by atoms with Crippen molar-refractivity contribution < 1.29 is 0 Å². The first-order valence-corrected chi connectivity index (χ1v) is 5.64. The molecule has 1 saturated heterocycles. The van der Waals surface area contributed by atoms with Crippen LogP contribution in [0.3, 0.4) is 0 Å². The van der Waals surface area contributed by atoms with Gasteiger partial charge in [-0.2, -0.15) is 5.10 Å². The third-order valence-electron chi connectivity index (χ3n) is 2.41. The average Bonchev–Trinajstić information content (AvgIpc) is 2.20. The van der Waals surface area contributed by atoms with Gasteiger partial charge >= 0.3 is 0 Å². The molecular formula is C9H12IN3. The number of nitrogens with zero attached hydrogens (tertiary/aromatic N) is 2. The molecule has 1 aromatic heterocycles. The molecule has 1 aliphatic heterocycles. The summed E-state index contributed by atoms with van der Waals surface area (Å²) in [7, 11) is 0. The molecule has 13 heavy (non-hydrogen) atoms. The van der Waals surface area contributed by atoms with Gasteiger partial charge in [-0.3, -0.25) is 0 Å². The highest BCUT2D eigenvalue weighted by molar-refractivity contribution is 14.1. The molecule has 0 aliphatic carbocycles. The van der Waals surface area contributed by atoms with E-state index >= 15 is 0 Å². The van der Waals surface area contributed by atoms with Crippen LogP contribution in [0.1, 0.15) is 24.5 Å². The highest BCUT2D eigenvalue weighted by Crippen LogP contribution is 2.22. The van der Waals surface area contributed by atoms with Gasteiger partial charge in [0, 0.05) is 5.92 Å². The van der Waals surface area contributed by atoms with Gasteiger partial charge in [0.05, 0.1) is 5.69 Å². The number of halogens is 1. The Labute approximate surface area is 91.5 Å². The Balaban J connectivity index is 2.10. The monoisotopic (exact) mass is 289 g/mol. The SMILES string of the molecule is Ic1ccc(C2CCNCC2)nn1. The quantitative estimate of drug-likeness (QED) is 0.797. The first-order valence-electron chi connectivity index (χ1n) is 4.56. The normalized spacial score (nSPS) is 18.8. The summed E-state index contributed by atoms with van der Waals surface area (Å²) in [6, 6.07) is 4.13. The third-order valence-corrected chi connectivity index (χ3v) is 2.99. The molecule has 70 valence electrons. The van der Waals surface area contributed by atoms with E-state index in [-0.39, 0.29) is 0 Å². The van der Waals surface area contributed by atoms with E-state index in [2.05, 4.69) is 44.2 Å². The molecule has 2 heterocycles. The number of hydrogen-bond donors (Lipinski definition) is 1. The molecule has 1 fully saturated rings. The van der Waals surface area contributed by atoms with Crippen molar-refractivity contribution in [1.29, 1.82) is 0 Å². The summed E-state index contributed by atoms with van der Waals surface area (Å²) in [4.78, 5) is 0. The molecule has 1 N–H and O–H groups in total. The van der Waals surface area contributed by atoms with E-state index in [1.54, 1.807) is 0 Å². The Morgan fingerprint density at radius 3 is 2.62 bits per heavy atom. The average molecular weight is 289 g/mol. The van der Waals surface area contributed by atoms with Gasteiger partial charge in [-0.15, -0.1) is 5.10 Å². The van der Waals surface area contributed by atoms with Crippen LogP contribution in [0.2, 0.25) is 0 Å². The van der Waals surface area contributed by atoms with Gasteiger partial charge in [-0.25, -0.2) is 0 Å². The molecule has 1 aromatic rings. The van der Waals surface area contributed by atoms with Crippen LogP contribution >= 0.6 is 22.6 Å². The number of hydrogen-bond acceptors (Lipinski definition) is 3. The zero-order valence-corrected chi connectivity index (χ0v) is 9.49. The van der Waals surface area contributed by atoms with Crippen molar-refractivity contribution in [2.75, 3.05) is 13.1 Å². The largest absolute Gasteiger partial charge is 0.317 e. The standard InChI is InChI=1S/C9H12IN3/c10-9-2-1-8(12-13-9)7-3-5-11-6-4-7/h1-2,7,11H,3-6H2. The Kier molecular flexibility index (Phi) is 3.10. The molecule has 2 rings (SSSR count). The molecule has 0 unspecified atom stereocenters. The van der Waals surface area contributed by atoms with Gasteiger partial charge < -0.3 is 5.32 Å². The van der Waals surface area contributed by atoms with Crippen molar-refractivity contribution in [3.8, 4) is 0 Å². The third kappa shape index (κ3) is 2.37. The highest BCUT2D eigenvalue weighted by atomic mass is 127. The van der Waals surface area contributed by atoms with Crippen LogP contribution in [0.15, 0.2) is 12.1 Å². The van der Waals surface area contributed by atoms with E-state index in [4.69, 9.17) is 0 Å². The smallest absolute Gasteiger partial charge is 0.124 e. The lowest BCUT2D eigenvalue weighted by atomic mass is 9.95. The summed E-state index contributed by atoms with van der Waals surface area (Å²) in [5.74, 6) is 0.616. The van der Waals surface area contributed by atoms with E-state index in [1.165, 1.54) is 12.8 Å². The molecule has 0 spiro atoms. The van der Waals surface area contributed by atoms with Gasteiger partial charge in [0.2, 0.25) is 0 Å². The summed E-state index contributed by atoms with van der Waals surface area (Å²) >= 11 is 2.18. The Morgan fingerprint density at radius 1 is 1.23 bits per heavy atom. The number of nitrogens with one attached hydrogen (secondary N) is 1. The predicted octanol–water partition coefficient (Wildman–Crippen LogP) is 1.55. The molecule has 4 heteroatoms. The van der Waals surface area contributed by atoms with Crippen LogP contribution in [0.5, 0.6) is 0 Å². The molecule has 1 aliphatic rings. The zero-order chi connectivity index (χ0) is 9.10. The van der Waals surface area contributed by atoms with Crippen molar-refractivity contribution in [1.82, 2.24) is 15.5 Å².